The van der Waals surface area contributed by atoms with Gasteiger partial charge < -0.3 is 14.2 Å². The van der Waals surface area contributed by atoms with E-state index in [-0.39, 0.29) is 35.4 Å². The van der Waals surface area contributed by atoms with Crippen molar-refractivity contribution in [1.82, 2.24) is 0 Å². The summed E-state index contributed by atoms with van der Waals surface area (Å²) in [5, 5.41) is 0. The summed E-state index contributed by atoms with van der Waals surface area (Å²) in [6.45, 7) is 0.408. The molecule has 0 aromatic heterocycles. The molecule has 4 rings (SSSR count). The first-order valence-electron chi connectivity index (χ1n) is 9.78. The Labute approximate surface area is 168 Å². The van der Waals surface area contributed by atoms with Gasteiger partial charge in [-0.15, -0.1) is 0 Å². The number of benzene rings is 2. The number of esters is 1. The molecule has 2 aromatic carbocycles. The maximum Gasteiger partial charge on any atom is 0.309 e. The van der Waals surface area contributed by atoms with Crippen molar-refractivity contribution in [2.75, 3.05) is 20.8 Å². The SMILES string of the molecule is COC(=O)[C@H]1CC[C@@]2(C[C@@H](c3cc(F)ccc3OC)CO2)[C@@H]1c1ccc(F)cc1. The van der Waals surface area contributed by atoms with Gasteiger partial charge in [0.15, 0.2) is 0 Å². The summed E-state index contributed by atoms with van der Waals surface area (Å²) < 4.78 is 44.2. The normalized spacial score (nSPS) is 28.6. The van der Waals surface area contributed by atoms with Gasteiger partial charge in [-0.3, -0.25) is 4.79 Å². The van der Waals surface area contributed by atoms with E-state index in [0.29, 0.717) is 31.6 Å². The maximum atomic E-state index is 13.9. The number of hydrogen-bond donors (Lipinski definition) is 0. The lowest BCUT2D eigenvalue weighted by Gasteiger charge is -2.33. The second-order valence-electron chi connectivity index (χ2n) is 7.86. The summed E-state index contributed by atoms with van der Waals surface area (Å²) in [5.41, 5.74) is 1.04. The fraction of sp³-hybridized carbons (Fsp3) is 0.435. The first-order valence-corrected chi connectivity index (χ1v) is 9.78. The van der Waals surface area contributed by atoms with Gasteiger partial charge >= 0.3 is 5.97 Å². The van der Waals surface area contributed by atoms with Crippen molar-refractivity contribution < 1.29 is 27.8 Å². The van der Waals surface area contributed by atoms with Crippen LogP contribution in [-0.2, 0) is 14.3 Å². The molecule has 4 nitrogen and oxygen atoms in total. The molecule has 1 saturated heterocycles. The van der Waals surface area contributed by atoms with Gasteiger partial charge in [0.1, 0.15) is 17.4 Å². The van der Waals surface area contributed by atoms with E-state index in [1.54, 1.807) is 25.3 Å². The Morgan fingerprint density at radius 1 is 1.10 bits per heavy atom. The number of ether oxygens (including phenoxy) is 3. The standard InChI is InChI=1S/C23H24F2O4/c1-27-20-8-7-17(25)11-19(20)15-12-23(29-13-15)10-9-18(22(26)28-2)21(23)14-3-5-16(24)6-4-14/h3-8,11,15,18,21H,9-10,12-13H2,1-2H3/t15-,18+,21-,23-/m1/s1. The molecule has 2 aromatic rings. The lowest BCUT2D eigenvalue weighted by Crippen LogP contribution is -2.35. The number of hydrogen-bond acceptors (Lipinski definition) is 4. The molecule has 6 heteroatoms. The van der Waals surface area contributed by atoms with E-state index < -0.39 is 5.60 Å². The number of carbonyl (C=O) groups is 1. The van der Waals surface area contributed by atoms with E-state index in [4.69, 9.17) is 14.2 Å². The third-order valence-corrected chi connectivity index (χ3v) is 6.38. The molecule has 0 unspecified atom stereocenters. The summed E-state index contributed by atoms with van der Waals surface area (Å²) in [7, 11) is 2.94. The zero-order valence-electron chi connectivity index (χ0n) is 16.5. The minimum Gasteiger partial charge on any atom is -0.496 e. The van der Waals surface area contributed by atoms with Gasteiger partial charge in [-0.2, -0.15) is 0 Å². The van der Waals surface area contributed by atoms with Crippen LogP contribution in [0.2, 0.25) is 0 Å². The predicted octanol–water partition coefficient (Wildman–Crippen LogP) is 4.58. The van der Waals surface area contributed by atoms with Gasteiger partial charge in [-0.05, 0) is 55.2 Å². The van der Waals surface area contributed by atoms with Crippen LogP contribution in [-0.4, -0.2) is 32.4 Å². The van der Waals surface area contributed by atoms with E-state index in [1.165, 1.54) is 31.4 Å². The van der Waals surface area contributed by atoms with Crippen LogP contribution in [0, 0.1) is 17.6 Å². The van der Waals surface area contributed by atoms with Gasteiger partial charge in [0.2, 0.25) is 0 Å². The Morgan fingerprint density at radius 3 is 2.52 bits per heavy atom. The van der Waals surface area contributed by atoms with Crippen molar-refractivity contribution in [1.29, 1.82) is 0 Å². The van der Waals surface area contributed by atoms with Gasteiger partial charge in [0, 0.05) is 17.4 Å². The average Bonchev–Trinajstić information content (AvgIpc) is 3.32. The van der Waals surface area contributed by atoms with Crippen molar-refractivity contribution in [3.63, 3.8) is 0 Å². The summed E-state index contributed by atoms with van der Waals surface area (Å²) >= 11 is 0. The highest BCUT2D eigenvalue weighted by atomic mass is 19.1. The fourth-order valence-corrected chi connectivity index (χ4v) is 5.12. The molecule has 1 spiro atoms. The maximum absolute atomic E-state index is 13.9. The van der Waals surface area contributed by atoms with Gasteiger partial charge in [0.25, 0.3) is 0 Å². The molecule has 0 radical (unpaired) electrons. The summed E-state index contributed by atoms with van der Waals surface area (Å²) in [5.74, 6) is -0.982. The lowest BCUT2D eigenvalue weighted by atomic mass is 9.76. The van der Waals surface area contributed by atoms with Gasteiger partial charge in [-0.25, -0.2) is 8.78 Å². The Kier molecular flexibility index (Phi) is 5.30. The Hall–Kier alpha value is -2.47. The third-order valence-electron chi connectivity index (χ3n) is 6.38. The van der Waals surface area contributed by atoms with Crippen LogP contribution >= 0.6 is 0 Å². The van der Waals surface area contributed by atoms with E-state index >= 15 is 0 Å². The molecule has 1 aliphatic carbocycles. The number of methoxy groups -OCH3 is 2. The lowest BCUT2D eigenvalue weighted by molar-refractivity contribution is -0.146. The van der Waals surface area contributed by atoms with Crippen molar-refractivity contribution in [2.45, 2.75) is 36.7 Å². The molecule has 1 saturated carbocycles. The second-order valence-corrected chi connectivity index (χ2v) is 7.86. The molecule has 4 atom stereocenters. The first-order chi connectivity index (χ1) is 14.0. The van der Waals surface area contributed by atoms with Gasteiger partial charge in [-0.1, -0.05) is 12.1 Å². The molecule has 29 heavy (non-hydrogen) atoms. The number of carbonyl (C=O) groups excluding carboxylic acids is 1. The van der Waals surface area contributed by atoms with Crippen LogP contribution in [0.3, 0.4) is 0 Å². The fourth-order valence-electron chi connectivity index (χ4n) is 5.12. The number of halogens is 2. The van der Waals surface area contributed by atoms with Crippen molar-refractivity contribution in [3.05, 3.63) is 65.2 Å². The molecular formula is C23H24F2O4. The summed E-state index contributed by atoms with van der Waals surface area (Å²) in [4.78, 5) is 12.5. The van der Waals surface area contributed by atoms with Crippen LogP contribution in [0.4, 0.5) is 8.78 Å². The highest BCUT2D eigenvalue weighted by Gasteiger charge is 2.56. The average molecular weight is 402 g/mol. The van der Waals surface area contributed by atoms with Crippen molar-refractivity contribution >= 4 is 5.97 Å². The smallest absolute Gasteiger partial charge is 0.309 e. The van der Waals surface area contributed by atoms with Gasteiger partial charge in [0.05, 0.1) is 32.3 Å². The minimum atomic E-state index is -0.585. The second kappa shape index (κ2) is 7.75. The van der Waals surface area contributed by atoms with E-state index in [1.807, 2.05) is 0 Å². The molecular weight excluding hydrogens is 378 g/mol. The van der Waals surface area contributed by atoms with E-state index in [9.17, 15) is 13.6 Å². The first kappa shape index (κ1) is 19.8. The molecule has 1 heterocycles. The zero-order chi connectivity index (χ0) is 20.6. The van der Waals surface area contributed by atoms with Crippen LogP contribution < -0.4 is 4.74 Å². The van der Waals surface area contributed by atoms with Crippen LogP contribution in [0.1, 0.15) is 42.2 Å². The highest BCUT2D eigenvalue weighted by Crippen LogP contribution is 2.57. The molecule has 2 fully saturated rings. The summed E-state index contributed by atoms with van der Waals surface area (Å²) in [6.07, 6.45) is 1.94. The largest absolute Gasteiger partial charge is 0.496 e. The quantitative estimate of drug-likeness (QED) is 0.702. The molecule has 0 bridgehead atoms. The van der Waals surface area contributed by atoms with Crippen LogP contribution in [0.25, 0.3) is 0 Å². The predicted molar refractivity (Wildman–Crippen MR) is 103 cm³/mol. The van der Waals surface area contributed by atoms with Crippen LogP contribution in [0.15, 0.2) is 42.5 Å². The molecule has 2 aliphatic rings. The van der Waals surface area contributed by atoms with E-state index in [0.717, 1.165) is 11.1 Å². The molecule has 154 valence electrons. The Bertz CT molecular complexity index is 898. The molecule has 1 aliphatic heterocycles. The van der Waals surface area contributed by atoms with Crippen molar-refractivity contribution in [2.24, 2.45) is 5.92 Å². The topological polar surface area (TPSA) is 44.8 Å². The third kappa shape index (κ3) is 3.50. The zero-order valence-corrected chi connectivity index (χ0v) is 16.5. The number of rotatable bonds is 4. The highest BCUT2D eigenvalue weighted by molar-refractivity contribution is 5.74. The molecule has 0 amide bonds. The molecule has 0 N–H and O–H groups in total. The monoisotopic (exact) mass is 402 g/mol. The Balaban J connectivity index is 1.70. The van der Waals surface area contributed by atoms with Crippen LogP contribution in [0.5, 0.6) is 5.75 Å². The summed E-state index contributed by atoms with van der Waals surface area (Å²) in [6, 6.07) is 10.7. The minimum absolute atomic E-state index is 0.0556. The van der Waals surface area contributed by atoms with Crippen molar-refractivity contribution in [3.8, 4) is 5.75 Å². The Morgan fingerprint density at radius 2 is 1.83 bits per heavy atom. The van der Waals surface area contributed by atoms with E-state index in [2.05, 4.69) is 0 Å².